The van der Waals surface area contributed by atoms with Crippen molar-refractivity contribution in [1.82, 2.24) is 0 Å². The zero-order valence-electron chi connectivity index (χ0n) is 23.9. The van der Waals surface area contributed by atoms with Crippen LogP contribution in [0.1, 0.15) is 62.3 Å². The summed E-state index contributed by atoms with van der Waals surface area (Å²) in [5.74, 6) is 1.87. The van der Waals surface area contributed by atoms with Crippen LogP contribution in [0, 0.1) is 18.3 Å². The largest absolute Gasteiger partial charge is 0.744 e. The Bertz CT molecular complexity index is 1520. The van der Waals surface area contributed by atoms with Crippen LogP contribution in [-0.2, 0) is 14.9 Å². The van der Waals surface area contributed by atoms with Crippen molar-refractivity contribution in [3.63, 3.8) is 0 Å². The number of ether oxygens (including phenoxy) is 1. The molecule has 0 spiro atoms. The van der Waals surface area contributed by atoms with Crippen LogP contribution in [0.3, 0.4) is 0 Å². The van der Waals surface area contributed by atoms with Gasteiger partial charge in [-0.1, -0.05) is 85.1 Å². The van der Waals surface area contributed by atoms with E-state index < -0.39 is 10.1 Å². The Morgan fingerprint density at radius 3 is 2.27 bits per heavy atom. The molecule has 3 aromatic rings. The van der Waals surface area contributed by atoms with Crippen molar-refractivity contribution in [2.24, 2.45) is 11.3 Å². The van der Waals surface area contributed by atoms with Crippen LogP contribution < -0.4 is 0 Å². The zero-order chi connectivity index (χ0) is 29.9. The van der Waals surface area contributed by atoms with Crippen molar-refractivity contribution in [3.05, 3.63) is 112 Å². The molecule has 2 aliphatic heterocycles. The van der Waals surface area contributed by atoms with Crippen LogP contribution in [0.4, 0.5) is 0 Å². The molecule has 5 nitrogen and oxygen atoms in total. The van der Waals surface area contributed by atoms with E-state index in [1.54, 1.807) is 12.1 Å². The molecule has 218 valence electrons. The van der Waals surface area contributed by atoms with Gasteiger partial charge in [-0.25, -0.2) is 8.42 Å². The first-order valence-electron chi connectivity index (χ1n) is 13.8. The van der Waals surface area contributed by atoms with Crippen molar-refractivity contribution >= 4 is 39.2 Å². The maximum Gasteiger partial charge on any atom is 0.343 e. The van der Waals surface area contributed by atoms with E-state index >= 15 is 0 Å². The van der Waals surface area contributed by atoms with E-state index in [2.05, 4.69) is 62.3 Å². The molecule has 41 heavy (non-hydrogen) atoms. The molecule has 0 saturated carbocycles. The molecule has 2 heterocycles. The predicted octanol–water partition coefficient (Wildman–Crippen LogP) is 8.17. The molecule has 4 atom stereocenters. The van der Waals surface area contributed by atoms with E-state index in [1.807, 2.05) is 31.2 Å². The highest BCUT2D eigenvalue weighted by molar-refractivity contribution is 7.85. The molecule has 0 saturated heterocycles. The minimum Gasteiger partial charge on any atom is -0.744 e. The molecule has 3 aromatic carbocycles. The van der Waals surface area contributed by atoms with Crippen LogP contribution in [0.5, 0.6) is 0 Å². The molecule has 4 unspecified atom stereocenters. The fraction of sp³-hybridized carbons (Fsp3) is 0.364. The Morgan fingerprint density at radius 2 is 1.71 bits per heavy atom. The Hall–Kier alpha value is -2.64. The SMILES string of the molecule is C=CCC1(C)CC(c2cccc(Cl)c2)C(c2ccc(Cl)cc2)[N+]2=C1OCC2C(C)C.Cc1ccc(S(=O)(=O)[O-])cc1. The van der Waals surface area contributed by atoms with Gasteiger partial charge in [0.15, 0.2) is 18.7 Å². The van der Waals surface area contributed by atoms with Crippen LogP contribution >= 0.6 is 23.2 Å². The Labute approximate surface area is 254 Å². The van der Waals surface area contributed by atoms with E-state index in [1.165, 1.54) is 23.3 Å². The van der Waals surface area contributed by atoms with Gasteiger partial charge in [0, 0.05) is 21.5 Å². The quantitative estimate of drug-likeness (QED) is 0.160. The lowest BCUT2D eigenvalue weighted by atomic mass is 9.69. The zero-order valence-corrected chi connectivity index (χ0v) is 26.2. The molecule has 0 N–H and O–H groups in total. The third-order valence-electron chi connectivity index (χ3n) is 8.01. The highest BCUT2D eigenvalue weighted by atomic mass is 35.5. The molecule has 0 radical (unpaired) electrons. The Balaban J connectivity index is 0.000000296. The number of aryl methyl sites for hydroxylation is 1. The monoisotopic (exact) mass is 613 g/mol. The fourth-order valence-corrected chi connectivity index (χ4v) is 6.76. The maximum atomic E-state index is 10.4. The predicted molar refractivity (Wildman–Crippen MR) is 165 cm³/mol. The van der Waals surface area contributed by atoms with Gasteiger partial charge in [-0.2, -0.15) is 4.58 Å². The fourth-order valence-electron chi connectivity index (χ4n) is 5.96. The average Bonchev–Trinajstić information content (AvgIpc) is 3.36. The second-order valence-corrected chi connectivity index (χ2v) is 13.8. The molecular formula is C33H37Cl2NO4S. The number of nitrogens with zero attached hydrogens (tertiary/aromatic N) is 1. The van der Waals surface area contributed by atoms with Crippen molar-refractivity contribution < 1.29 is 22.3 Å². The molecule has 0 amide bonds. The number of allylic oxidation sites excluding steroid dienone is 1. The van der Waals surface area contributed by atoms with E-state index in [4.69, 9.17) is 27.9 Å². The minimum atomic E-state index is -4.27. The minimum absolute atomic E-state index is 0.0959. The Morgan fingerprint density at radius 1 is 1.05 bits per heavy atom. The lowest BCUT2D eigenvalue weighted by molar-refractivity contribution is -0.616. The molecular weight excluding hydrogens is 577 g/mol. The summed E-state index contributed by atoms with van der Waals surface area (Å²) in [5, 5.41) is 1.54. The summed E-state index contributed by atoms with van der Waals surface area (Å²) in [6.07, 6.45) is 3.88. The second-order valence-electron chi connectivity index (χ2n) is 11.5. The van der Waals surface area contributed by atoms with Gasteiger partial charge < -0.3 is 9.29 Å². The van der Waals surface area contributed by atoms with Crippen molar-refractivity contribution in [3.8, 4) is 0 Å². The molecule has 8 heteroatoms. The summed E-state index contributed by atoms with van der Waals surface area (Å²) >= 11 is 12.7. The van der Waals surface area contributed by atoms with Gasteiger partial charge in [-0.05, 0) is 68.7 Å². The summed E-state index contributed by atoms with van der Waals surface area (Å²) < 4.78 is 40.2. The standard InChI is InChI=1S/C26H30Cl2NO.C7H8O3S/c1-5-13-26(4)15-22(19-7-6-8-21(28)14-19)24(18-9-11-20(27)12-10-18)29-23(17(2)3)16-30-25(26)29;1-6-2-4-7(5-3-6)11(8,9)10/h5-12,14,17,22-24H,1,13,15-16H2,2-4H3;2-5H,1H3,(H,8,9,10)/q+1;/p-1. The topological polar surface area (TPSA) is 69.4 Å². The van der Waals surface area contributed by atoms with E-state index in [-0.39, 0.29) is 22.3 Å². The molecule has 0 aromatic heterocycles. The van der Waals surface area contributed by atoms with Crippen LogP contribution in [0.25, 0.3) is 0 Å². The smallest absolute Gasteiger partial charge is 0.343 e. The van der Waals surface area contributed by atoms with Gasteiger partial charge in [0.1, 0.15) is 10.1 Å². The summed E-state index contributed by atoms with van der Waals surface area (Å²) in [6, 6.07) is 22.9. The third-order valence-corrected chi connectivity index (χ3v) is 9.35. The maximum absolute atomic E-state index is 10.4. The van der Waals surface area contributed by atoms with Gasteiger partial charge >= 0.3 is 5.90 Å². The van der Waals surface area contributed by atoms with E-state index in [0.717, 1.165) is 41.0 Å². The first-order valence-corrected chi connectivity index (χ1v) is 15.9. The number of hydrogen-bond acceptors (Lipinski definition) is 4. The highest BCUT2D eigenvalue weighted by Crippen LogP contribution is 2.51. The average molecular weight is 615 g/mol. The lowest BCUT2D eigenvalue weighted by Crippen LogP contribution is -2.46. The van der Waals surface area contributed by atoms with Gasteiger partial charge in [-0.15, -0.1) is 6.58 Å². The third kappa shape index (κ3) is 7.06. The van der Waals surface area contributed by atoms with Crippen LogP contribution in [0.2, 0.25) is 10.0 Å². The van der Waals surface area contributed by atoms with Crippen LogP contribution in [0.15, 0.2) is 90.3 Å². The van der Waals surface area contributed by atoms with Crippen molar-refractivity contribution in [2.45, 2.75) is 63.4 Å². The molecule has 0 bridgehead atoms. The summed E-state index contributed by atoms with van der Waals surface area (Å²) in [6.45, 7) is 13.5. The summed E-state index contributed by atoms with van der Waals surface area (Å²) in [4.78, 5) is -0.178. The van der Waals surface area contributed by atoms with Crippen LogP contribution in [-0.4, -0.2) is 36.1 Å². The van der Waals surface area contributed by atoms with Gasteiger partial charge in [0.05, 0.1) is 16.2 Å². The number of halogens is 2. The normalized spacial score (nSPS) is 23.9. The van der Waals surface area contributed by atoms with E-state index in [0.29, 0.717) is 12.0 Å². The van der Waals surface area contributed by atoms with Crippen molar-refractivity contribution in [2.75, 3.05) is 6.61 Å². The van der Waals surface area contributed by atoms with Gasteiger partial charge in [0.2, 0.25) is 0 Å². The molecule has 0 aliphatic carbocycles. The summed E-state index contributed by atoms with van der Waals surface area (Å²) in [7, 11) is -4.27. The number of rotatable bonds is 6. The number of hydrogen-bond donors (Lipinski definition) is 0. The molecule has 2 aliphatic rings. The summed E-state index contributed by atoms with van der Waals surface area (Å²) in [5.41, 5.74) is 3.36. The van der Waals surface area contributed by atoms with Crippen molar-refractivity contribution in [1.29, 1.82) is 0 Å². The van der Waals surface area contributed by atoms with Gasteiger partial charge in [0.25, 0.3) is 0 Å². The van der Waals surface area contributed by atoms with E-state index in [9.17, 15) is 13.0 Å². The lowest BCUT2D eigenvalue weighted by Gasteiger charge is -2.39. The first kappa shape index (κ1) is 31.3. The molecule has 5 rings (SSSR count). The molecule has 0 fully saturated rings. The number of benzene rings is 3. The first-order chi connectivity index (χ1) is 19.3. The second kappa shape index (κ2) is 12.7. The Kier molecular flexibility index (Phi) is 9.70. The highest BCUT2D eigenvalue weighted by Gasteiger charge is 2.57. The van der Waals surface area contributed by atoms with Gasteiger partial charge in [-0.3, -0.25) is 0 Å².